The first-order valence-corrected chi connectivity index (χ1v) is 9.86. The SMILES string of the molecule is CNS(=O)(=O)c1cc(NC(=O)CC(C)C2CCNCC2)ccc1C.Cl. The Kier molecular flexibility index (Phi) is 8.34. The summed E-state index contributed by atoms with van der Waals surface area (Å²) >= 11 is 0. The second-order valence-corrected chi connectivity index (χ2v) is 8.36. The van der Waals surface area contributed by atoms with Crippen molar-refractivity contribution in [1.82, 2.24) is 10.0 Å². The number of hydrogen-bond acceptors (Lipinski definition) is 4. The normalized spacial score (nSPS) is 16.8. The van der Waals surface area contributed by atoms with Gasteiger partial charge >= 0.3 is 0 Å². The van der Waals surface area contributed by atoms with Crippen LogP contribution >= 0.6 is 12.4 Å². The number of amides is 1. The molecule has 1 amide bonds. The van der Waals surface area contributed by atoms with Crippen LogP contribution < -0.4 is 15.4 Å². The zero-order chi connectivity index (χ0) is 17.7. The van der Waals surface area contributed by atoms with Crippen LogP contribution in [-0.2, 0) is 14.8 Å². The first-order valence-electron chi connectivity index (χ1n) is 8.38. The molecule has 1 aromatic carbocycles. The molecule has 0 bridgehead atoms. The van der Waals surface area contributed by atoms with Gasteiger partial charge in [-0.2, -0.15) is 0 Å². The minimum atomic E-state index is -3.54. The second kappa shape index (κ2) is 9.52. The fourth-order valence-electron chi connectivity index (χ4n) is 3.16. The Balaban J connectivity index is 0.00000312. The molecule has 1 atom stereocenters. The van der Waals surface area contributed by atoms with Crippen molar-refractivity contribution in [2.24, 2.45) is 11.8 Å². The van der Waals surface area contributed by atoms with Crippen LogP contribution in [0.1, 0.15) is 31.7 Å². The van der Waals surface area contributed by atoms with Crippen LogP contribution in [-0.4, -0.2) is 34.5 Å². The second-order valence-electron chi connectivity index (χ2n) is 6.50. The van der Waals surface area contributed by atoms with Crippen LogP contribution in [0, 0.1) is 18.8 Å². The van der Waals surface area contributed by atoms with Crippen molar-refractivity contribution < 1.29 is 13.2 Å². The maximum atomic E-state index is 12.3. The highest BCUT2D eigenvalue weighted by atomic mass is 35.5. The molecule has 1 fully saturated rings. The summed E-state index contributed by atoms with van der Waals surface area (Å²) in [6.45, 7) is 5.87. The minimum absolute atomic E-state index is 0. The van der Waals surface area contributed by atoms with Gasteiger partial charge in [0.25, 0.3) is 0 Å². The zero-order valence-electron chi connectivity index (χ0n) is 15.0. The van der Waals surface area contributed by atoms with Gasteiger partial charge in [0.15, 0.2) is 0 Å². The first-order chi connectivity index (χ1) is 11.3. The molecule has 0 aliphatic carbocycles. The number of nitrogens with one attached hydrogen (secondary N) is 3. The fraction of sp³-hybridized carbons (Fsp3) is 0.588. The molecule has 1 saturated heterocycles. The van der Waals surface area contributed by atoms with E-state index in [0.29, 0.717) is 29.5 Å². The monoisotopic (exact) mass is 389 g/mol. The molecule has 8 heteroatoms. The molecule has 1 aliphatic rings. The molecule has 142 valence electrons. The third-order valence-corrected chi connectivity index (χ3v) is 6.28. The number of sulfonamides is 1. The van der Waals surface area contributed by atoms with Gasteiger partial charge in [0.1, 0.15) is 0 Å². The van der Waals surface area contributed by atoms with Crippen LogP contribution in [0.3, 0.4) is 0 Å². The summed E-state index contributed by atoms with van der Waals surface area (Å²) in [5.74, 6) is 0.811. The lowest BCUT2D eigenvalue weighted by molar-refractivity contribution is -0.117. The number of hydrogen-bond donors (Lipinski definition) is 3. The van der Waals surface area contributed by atoms with Gasteiger partial charge in [-0.3, -0.25) is 4.79 Å². The summed E-state index contributed by atoms with van der Waals surface area (Å²) in [6.07, 6.45) is 2.65. The Morgan fingerprint density at radius 3 is 2.56 bits per heavy atom. The predicted octanol–water partition coefficient (Wildman–Crippen LogP) is 2.29. The number of anilines is 1. The minimum Gasteiger partial charge on any atom is -0.326 e. The Bertz CT molecular complexity index is 688. The summed E-state index contributed by atoms with van der Waals surface area (Å²) < 4.78 is 26.3. The van der Waals surface area contributed by atoms with Gasteiger partial charge in [-0.25, -0.2) is 13.1 Å². The molecule has 1 aliphatic heterocycles. The van der Waals surface area contributed by atoms with E-state index in [1.54, 1.807) is 19.1 Å². The Morgan fingerprint density at radius 2 is 1.96 bits per heavy atom. The van der Waals surface area contributed by atoms with Gasteiger partial charge in [0.2, 0.25) is 15.9 Å². The summed E-state index contributed by atoms with van der Waals surface area (Å²) in [5.41, 5.74) is 1.15. The van der Waals surface area contributed by atoms with E-state index in [1.807, 2.05) is 0 Å². The molecule has 25 heavy (non-hydrogen) atoms. The lowest BCUT2D eigenvalue weighted by Gasteiger charge is -2.27. The molecule has 1 unspecified atom stereocenters. The zero-order valence-corrected chi connectivity index (χ0v) is 16.6. The van der Waals surface area contributed by atoms with Crippen molar-refractivity contribution in [3.05, 3.63) is 23.8 Å². The van der Waals surface area contributed by atoms with Crippen LogP contribution in [0.5, 0.6) is 0 Å². The maximum Gasteiger partial charge on any atom is 0.240 e. The third kappa shape index (κ3) is 5.95. The number of benzene rings is 1. The molecule has 0 aromatic heterocycles. The van der Waals surface area contributed by atoms with Gasteiger partial charge in [-0.15, -0.1) is 12.4 Å². The van der Waals surface area contributed by atoms with E-state index in [0.717, 1.165) is 25.9 Å². The molecule has 3 N–H and O–H groups in total. The molecular weight excluding hydrogens is 362 g/mol. The average Bonchev–Trinajstić information content (AvgIpc) is 2.57. The molecule has 0 saturated carbocycles. The standard InChI is InChI=1S/C17H27N3O3S.ClH/c1-12-4-5-15(11-16(12)24(22,23)18-3)20-17(21)10-13(2)14-6-8-19-9-7-14;/h4-5,11,13-14,18-19H,6-10H2,1-3H3,(H,20,21);1H. The summed E-state index contributed by atoms with van der Waals surface area (Å²) in [7, 11) is -2.16. The van der Waals surface area contributed by atoms with E-state index >= 15 is 0 Å². The highest BCUT2D eigenvalue weighted by Crippen LogP contribution is 2.25. The largest absolute Gasteiger partial charge is 0.326 e. The first kappa shape index (κ1) is 21.9. The van der Waals surface area contributed by atoms with E-state index in [4.69, 9.17) is 0 Å². The number of carbonyl (C=O) groups excluding carboxylic acids is 1. The number of piperidine rings is 1. The van der Waals surface area contributed by atoms with Crippen molar-refractivity contribution >= 4 is 34.0 Å². The van der Waals surface area contributed by atoms with Gasteiger partial charge in [-0.05, 0) is 69.4 Å². The Labute approximate surface area is 156 Å². The van der Waals surface area contributed by atoms with Crippen molar-refractivity contribution in [2.45, 2.75) is 38.0 Å². The third-order valence-electron chi connectivity index (χ3n) is 4.73. The predicted molar refractivity (Wildman–Crippen MR) is 103 cm³/mol. The summed E-state index contributed by atoms with van der Waals surface area (Å²) in [6, 6.07) is 4.95. The summed E-state index contributed by atoms with van der Waals surface area (Å²) in [4.78, 5) is 12.5. The van der Waals surface area contributed by atoms with Crippen molar-refractivity contribution in [3.8, 4) is 0 Å². The fourth-order valence-corrected chi connectivity index (χ4v) is 4.16. The maximum absolute atomic E-state index is 12.3. The van der Waals surface area contributed by atoms with Gasteiger partial charge in [0.05, 0.1) is 4.90 Å². The number of rotatable bonds is 6. The van der Waals surface area contributed by atoms with Gasteiger partial charge in [0, 0.05) is 12.1 Å². The van der Waals surface area contributed by atoms with Crippen LogP contribution in [0.15, 0.2) is 23.1 Å². The van der Waals surface area contributed by atoms with E-state index in [1.165, 1.54) is 13.1 Å². The highest BCUT2D eigenvalue weighted by molar-refractivity contribution is 7.89. The highest BCUT2D eigenvalue weighted by Gasteiger charge is 2.22. The van der Waals surface area contributed by atoms with Crippen LogP contribution in [0.2, 0.25) is 0 Å². The quantitative estimate of drug-likeness (QED) is 0.696. The van der Waals surface area contributed by atoms with E-state index in [9.17, 15) is 13.2 Å². The lowest BCUT2D eigenvalue weighted by Crippen LogP contribution is -2.32. The molecule has 6 nitrogen and oxygen atoms in total. The molecular formula is C17H28ClN3O3S. The van der Waals surface area contributed by atoms with E-state index in [2.05, 4.69) is 22.3 Å². The van der Waals surface area contributed by atoms with Crippen molar-refractivity contribution in [3.63, 3.8) is 0 Å². The lowest BCUT2D eigenvalue weighted by atomic mass is 9.84. The average molecular weight is 390 g/mol. The Hall–Kier alpha value is -1.15. The topological polar surface area (TPSA) is 87.3 Å². The number of carbonyl (C=O) groups is 1. The van der Waals surface area contributed by atoms with Crippen LogP contribution in [0.4, 0.5) is 5.69 Å². The molecule has 2 rings (SSSR count). The molecule has 0 radical (unpaired) electrons. The number of aryl methyl sites for hydroxylation is 1. The van der Waals surface area contributed by atoms with Gasteiger partial charge in [-0.1, -0.05) is 13.0 Å². The van der Waals surface area contributed by atoms with E-state index < -0.39 is 10.0 Å². The molecule has 1 aromatic rings. The smallest absolute Gasteiger partial charge is 0.240 e. The van der Waals surface area contributed by atoms with E-state index in [-0.39, 0.29) is 23.2 Å². The van der Waals surface area contributed by atoms with Crippen molar-refractivity contribution in [2.75, 3.05) is 25.5 Å². The van der Waals surface area contributed by atoms with Gasteiger partial charge < -0.3 is 10.6 Å². The van der Waals surface area contributed by atoms with Crippen molar-refractivity contribution in [1.29, 1.82) is 0 Å². The molecule has 1 heterocycles. The van der Waals surface area contributed by atoms with Crippen LogP contribution in [0.25, 0.3) is 0 Å². The number of halogens is 1. The molecule has 0 spiro atoms. The summed E-state index contributed by atoms with van der Waals surface area (Å²) in [5, 5.41) is 6.16. The Morgan fingerprint density at radius 1 is 1.32 bits per heavy atom.